The van der Waals surface area contributed by atoms with Crippen LogP contribution in [0.15, 0.2) is 24.3 Å². The van der Waals surface area contributed by atoms with Crippen LogP contribution in [0.4, 0.5) is 10.5 Å². The molecular formula is C18H25N3O6S. The largest absolute Gasteiger partial charge is 0.497 e. The van der Waals surface area contributed by atoms with Gasteiger partial charge in [0, 0.05) is 38.5 Å². The summed E-state index contributed by atoms with van der Waals surface area (Å²) in [5.41, 5.74) is -0.251. The van der Waals surface area contributed by atoms with E-state index in [9.17, 15) is 13.2 Å². The maximum Gasteiger partial charge on any atom is 0.322 e. The summed E-state index contributed by atoms with van der Waals surface area (Å²) in [5.74, 6) is 0.647. The Kier molecular flexibility index (Phi) is 4.98. The normalized spacial score (nSPS) is 30.9. The van der Waals surface area contributed by atoms with E-state index in [2.05, 4.69) is 5.32 Å². The molecule has 0 aliphatic carbocycles. The summed E-state index contributed by atoms with van der Waals surface area (Å²) < 4.78 is 43.6. The molecule has 1 spiro atoms. The first-order valence-electron chi connectivity index (χ1n) is 9.24. The number of benzene rings is 1. The van der Waals surface area contributed by atoms with Gasteiger partial charge in [-0.05, 0) is 18.6 Å². The SMILES string of the molecule is COCCN1C[C@]23CN(C(=O)Nc4cccc(OC)c4)C[C@H](C[C@H]2S1(=O)=O)O3. The van der Waals surface area contributed by atoms with E-state index >= 15 is 0 Å². The van der Waals surface area contributed by atoms with Crippen molar-refractivity contribution >= 4 is 21.7 Å². The summed E-state index contributed by atoms with van der Waals surface area (Å²) in [6.07, 6.45) is 0.142. The average Bonchev–Trinajstić information content (AvgIpc) is 3.05. The number of nitrogens with one attached hydrogen (secondary N) is 1. The molecule has 3 fully saturated rings. The number of ether oxygens (including phenoxy) is 3. The van der Waals surface area contributed by atoms with Gasteiger partial charge in [0.2, 0.25) is 10.0 Å². The maximum atomic E-state index is 12.9. The molecule has 4 rings (SSSR count). The molecule has 3 saturated heterocycles. The number of nitrogens with zero attached hydrogens (tertiary/aromatic N) is 2. The van der Waals surface area contributed by atoms with Gasteiger partial charge in [-0.1, -0.05) is 6.07 Å². The number of anilines is 1. The minimum atomic E-state index is -3.46. The molecule has 154 valence electrons. The number of carbonyl (C=O) groups excluding carboxylic acids is 1. The van der Waals surface area contributed by atoms with Crippen molar-refractivity contribution in [3.63, 3.8) is 0 Å². The van der Waals surface area contributed by atoms with Crippen molar-refractivity contribution in [1.29, 1.82) is 0 Å². The Balaban J connectivity index is 1.50. The monoisotopic (exact) mass is 411 g/mol. The second-order valence-electron chi connectivity index (χ2n) is 7.44. The van der Waals surface area contributed by atoms with Crippen molar-refractivity contribution in [3.05, 3.63) is 24.3 Å². The van der Waals surface area contributed by atoms with Crippen LogP contribution in [0, 0.1) is 0 Å². The van der Waals surface area contributed by atoms with Gasteiger partial charge >= 0.3 is 6.03 Å². The zero-order valence-electron chi connectivity index (χ0n) is 16.0. The molecule has 10 heteroatoms. The summed E-state index contributed by atoms with van der Waals surface area (Å²) in [6, 6.07) is 6.84. The summed E-state index contributed by atoms with van der Waals surface area (Å²) in [4.78, 5) is 14.5. The molecule has 0 unspecified atom stereocenters. The number of urea groups is 1. The van der Waals surface area contributed by atoms with E-state index in [0.717, 1.165) is 0 Å². The van der Waals surface area contributed by atoms with Gasteiger partial charge in [-0.2, -0.15) is 4.31 Å². The molecule has 2 amide bonds. The van der Waals surface area contributed by atoms with Crippen LogP contribution < -0.4 is 10.1 Å². The van der Waals surface area contributed by atoms with Crippen molar-refractivity contribution in [1.82, 2.24) is 9.21 Å². The molecule has 1 aromatic rings. The second-order valence-corrected chi connectivity index (χ2v) is 9.56. The van der Waals surface area contributed by atoms with Crippen LogP contribution in [-0.4, -0.2) is 87.6 Å². The number of carbonyl (C=O) groups is 1. The molecule has 3 aliphatic rings. The minimum Gasteiger partial charge on any atom is -0.497 e. The van der Waals surface area contributed by atoms with Crippen LogP contribution >= 0.6 is 0 Å². The molecule has 1 aromatic carbocycles. The third-order valence-corrected chi connectivity index (χ3v) is 8.04. The molecule has 3 aliphatic heterocycles. The standard InChI is InChI=1S/C18H25N3O6S/c1-25-7-6-21-12-18-11-20(10-15(27-18)9-16(18)28(21,23)24)17(22)19-13-4-3-5-14(8-13)26-2/h3-5,8,15-16H,6-7,9-12H2,1-2H3,(H,19,22)/t15-,16+,18+/m0/s1. The van der Waals surface area contributed by atoms with E-state index in [1.807, 2.05) is 0 Å². The number of hydrogen-bond donors (Lipinski definition) is 1. The van der Waals surface area contributed by atoms with Crippen molar-refractivity contribution < 1.29 is 27.4 Å². The van der Waals surface area contributed by atoms with Crippen molar-refractivity contribution in [2.75, 3.05) is 52.3 Å². The van der Waals surface area contributed by atoms with Crippen LogP contribution in [-0.2, 0) is 19.5 Å². The Morgan fingerprint density at radius 2 is 2.18 bits per heavy atom. The third-order valence-electron chi connectivity index (χ3n) is 5.66. The lowest BCUT2D eigenvalue weighted by Gasteiger charge is -2.39. The molecule has 9 nitrogen and oxygen atoms in total. The number of rotatable bonds is 5. The zero-order chi connectivity index (χ0) is 19.9. The van der Waals surface area contributed by atoms with E-state index in [1.54, 1.807) is 43.4 Å². The van der Waals surface area contributed by atoms with Crippen LogP contribution in [0.2, 0.25) is 0 Å². The van der Waals surface area contributed by atoms with Crippen LogP contribution in [0.5, 0.6) is 5.75 Å². The molecular weight excluding hydrogens is 386 g/mol. The molecule has 0 aromatic heterocycles. The van der Waals surface area contributed by atoms with Gasteiger partial charge < -0.3 is 24.4 Å². The third kappa shape index (κ3) is 3.24. The summed E-state index contributed by atoms with van der Waals surface area (Å²) >= 11 is 0. The number of amides is 2. The quantitative estimate of drug-likeness (QED) is 0.767. The smallest absolute Gasteiger partial charge is 0.322 e. The highest BCUT2D eigenvalue weighted by Gasteiger charge is 2.65. The van der Waals surface area contributed by atoms with Crippen LogP contribution in [0.25, 0.3) is 0 Å². The van der Waals surface area contributed by atoms with E-state index in [-0.39, 0.29) is 25.2 Å². The van der Waals surface area contributed by atoms with Gasteiger partial charge in [0.05, 0.1) is 26.4 Å². The fourth-order valence-electron chi connectivity index (χ4n) is 4.40. The first-order valence-corrected chi connectivity index (χ1v) is 10.7. The highest BCUT2D eigenvalue weighted by molar-refractivity contribution is 7.90. The number of morpholine rings is 1. The van der Waals surface area contributed by atoms with Gasteiger partial charge in [0.15, 0.2) is 0 Å². The van der Waals surface area contributed by atoms with E-state index < -0.39 is 20.9 Å². The molecule has 28 heavy (non-hydrogen) atoms. The lowest BCUT2D eigenvalue weighted by molar-refractivity contribution is -0.0947. The lowest BCUT2D eigenvalue weighted by Crippen LogP contribution is -2.57. The Morgan fingerprint density at radius 3 is 2.93 bits per heavy atom. The lowest BCUT2D eigenvalue weighted by atomic mass is 9.99. The fraction of sp³-hybridized carbons (Fsp3) is 0.611. The Morgan fingerprint density at radius 1 is 1.36 bits per heavy atom. The summed E-state index contributed by atoms with van der Waals surface area (Å²) in [5, 5.41) is 2.25. The summed E-state index contributed by atoms with van der Waals surface area (Å²) in [7, 11) is -0.357. The number of likely N-dealkylation sites (tertiary alicyclic amines) is 1. The zero-order valence-corrected chi connectivity index (χ0v) is 16.8. The number of methoxy groups -OCH3 is 2. The molecule has 0 radical (unpaired) electrons. The van der Waals surface area contributed by atoms with Gasteiger partial charge in [0.1, 0.15) is 16.6 Å². The molecule has 3 heterocycles. The Hall–Kier alpha value is -1.88. The topological polar surface area (TPSA) is 97.4 Å². The molecule has 0 saturated carbocycles. The summed E-state index contributed by atoms with van der Waals surface area (Å²) in [6.45, 7) is 1.49. The van der Waals surface area contributed by atoms with Crippen LogP contribution in [0.3, 0.4) is 0 Å². The first kappa shape index (κ1) is 19.4. The van der Waals surface area contributed by atoms with Crippen molar-refractivity contribution in [2.45, 2.75) is 23.4 Å². The molecule has 2 bridgehead atoms. The predicted octanol–water partition coefficient (Wildman–Crippen LogP) is 0.731. The second kappa shape index (κ2) is 7.18. The van der Waals surface area contributed by atoms with Gasteiger partial charge in [-0.3, -0.25) is 0 Å². The Bertz CT molecular complexity index is 863. The van der Waals surface area contributed by atoms with E-state index in [4.69, 9.17) is 14.2 Å². The predicted molar refractivity (Wildman–Crippen MR) is 102 cm³/mol. The van der Waals surface area contributed by atoms with Crippen molar-refractivity contribution in [3.8, 4) is 5.75 Å². The van der Waals surface area contributed by atoms with Gasteiger partial charge in [-0.25, -0.2) is 13.2 Å². The highest BCUT2D eigenvalue weighted by atomic mass is 32.2. The van der Waals surface area contributed by atoms with Gasteiger partial charge in [0.25, 0.3) is 0 Å². The number of sulfonamides is 1. The number of hydrogen-bond acceptors (Lipinski definition) is 6. The minimum absolute atomic E-state index is 0.243. The molecule has 3 atom stereocenters. The highest BCUT2D eigenvalue weighted by Crippen LogP contribution is 2.46. The van der Waals surface area contributed by atoms with E-state index in [1.165, 1.54) is 4.31 Å². The van der Waals surface area contributed by atoms with Crippen molar-refractivity contribution in [2.24, 2.45) is 0 Å². The molecule has 1 N–H and O–H groups in total. The maximum absolute atomic E-state index is 12.9. The first-order chi connectivity index (χ1) is 13.4. The van der Waals surface area contributed by atoms with E-state index in [0.29, 0.717) is 37.6 Å². The van der Waals surface area contributed by atoms with Crippen LogP contribution in [0.1, 0.15) is 6.42 Å². The average molecular weight is 411 g/mol. The van der Waals surface area contributed by atoms with Gasteiger partial charge in [-0.15, -0.1) is 0 Å². The number of fused-ring (bicyclic) bond motifs is 1. The fourth-order valence-corrected chi connectivity index (χ4v) is 6.69. The Labute approximate surface area is 164 Å².